The van der Waals surface area contributed by atoms with Gasteiger partial charge in [-0.2, -0.15) is 0 Å². The lowest BCUT2D eigenvalue weighted by Crippen LogP contribution is -2.33. The highest BCUT2D eigenvalue weighted by molar-refractivity contribution is 9.09. The van der Waals surface area contributed by atoms with Gasteiger partial charge in [-0.25, -0.2) is 0 Å². The first-order valence-electron chi connectivity index (χ1n) is 6.62. The molecule has 2 aliphatic carbocycles. The number of benzene rings is 1. The van der Waals surface area contributed by atoms with Crippen molar-refractivity contribution < 1.29 is 0 Å². The maximum absolute atomic E-state index is 3.69. The van der Waals surface area contributed by atoms with E-state index in [0.29, 0.717) is 5.41 Å². The molecule has 3 rings (SSSR count). The topological polar surface area (TPSA) is 0 Å². The summed E-state index contributed by atoms with van der Waals surface area (Å²) in [5, 5.41) is 1.18. The normalized spacial score (nSPS) is 21.0. The van der Waals surface area contributed by atoms with Crippen LogP contribution in [0, 0.1) is 5.41 Å². The molecule has 0 nitrogen and oxygen atoms in total. The molecular weight excluding hydrogens is 292 g/mol. The van der Waals surface area contributed by atoms with Gasteiger partial charge in [0.1, 0.15) is 0 Å². The molecule has 2 aliphatic rings. The molecule has 92 valence electrons. The zero-order valence-corrected chi connectivity index (χ0v) is 12.6. The van der Waals surface area contributed by atoms with Crippen molar-refractivity contribution in [2.45, 2.75) is 43.4 Å². The molecule has 2 heteroatoms. The summed E-state index contributed by atoms with van der Waals surface area (Å²) in [5.41, 5.74) is 3.80. The van der Waals surface area contributed by atoms with Crippen LogP contribution in [0.4, 0.5) is 0 Å². The van der Waals surface area contributed by atoms with Gasteiger partial charge in [0.2, 0.25) is 0 Å². The van der Waals surface area contributed by atoms with E-state index in [0.717, 1.165) is 0 Å². The SMILES string of the molecule is BrCC1(CSc2ccc3c(c2)CCC3)CCC1. The first-order valence-corrected chi connectivity index (χ1v) is 8.73. The molecule has 0 aliphatic heterocycles. The third-order valence-corrected chi connectivity index (χ3v) is 6.85. The van der Waals surface area contributed by atoms with Gasteiger partial charge in [0.05, 0.1) is 0 Å². The van der Waals surface area contributed by atoms with Crippen LogP contribution in [0.5, 0.6) is 0 Å². The molecule has 1 aromatic carbocycles. The van der Waals surface area contributed by atoms with Crippen molar-refractivity contribution in [1.29, 1.82) is 0 Å². The van der Waals surface area contributed by atoms with Crippen LogP contribution in [0.1, 0.15) is 36.8 Å². The van der Waals surface area contributed by atoms with Crippen LogP contribution in [0.15, 0.2) is 23.1 Å². The zero-order valence-electron chi connectivity index (χ0n) is 10.2. The molecule has 0 radical (unpaired) electrons. The van der Waals surface area contributed by atoms with Crippen LogP contribution in [0.25, 0.3) is 0 Å². The van der Waals surface area contributed by atoms with E-state index in [-0.39, 0.29) is 0 Å². The monoisotopic (exact) mass is 310 g/mol. The Balaban J connectivity index is 1.65. The molecule has 0 aromatic heterocycles. The van der Waals surface area contributed by atoms with E-state index in [1.54, 1.807) is 11.1 Å². The number of fused-ring (bicyclic) bond motifs is 1. The van der Waals surface area contributed by atoms with Gasteiger partial charge in [-0.15, -0.1) is 11.8 Å². The first kappa shape index (κ1) is 12.1. The standard InChI is InChI=1S/C15H19BrS/c16-10-15(7-2-8-15)11-17-14-6-5-12-3-1-4-13(12)9-14/h5-6,9H,1-4,7-8,10-11H2. The van der Waals surface area contributed by atoms with Gasteiger partial charge in [0.15, 0.2) is 0 Å². The Morgan fingerprint density at radius 2 is 1.94 bits per heavy atom. The van der Waals surface area contributed by atoms with Crippen LogP contribution in [-0.4, -0.2) is 11.1 Å². The maximum atomic E-state index is 3.69. The summed E-state index contributed by atoms with van der Waals surface area (Å²) in [6, 6.07) is 7.12. The highest BCUT2D eigenvalue weighted by Gasteiger charge is 2.35. The van der Waals surface area contributed by atoms with Crippen LogP contribution < -0.4 is 0 Å². The van der Waals surface area contributed by atoms with Gasteiger partial charge in [0.25, 0.3) is 0 Å². The van der Waals surface area contributed by atoms with Gasteiger partial charge in [-0.3, -0.25) is 0 Å². The quantitative estimate of drug-likeness (QED) is 0.567. The number of hydrogen-bond acceptors (Lipinski definition) is 1. The summed E-state index contributed by atoms with van der Waals surface area (Å²) in [5.74, 6) is 1.29. The number of alkyl halides is 1. The summed E-state index contributed by atoms with van der Waals surface area (Å²) in [7, 11) is 0. The highest BCUT2D eigenvalue weighted by Crippen LogP contribution is 2.46. The van der Waals surface area contributed by atoms with E-state index in [1.165, 1.54) is 54.5 Å². The lowest BCUT2D eigenvalue weighted by atomic mass is 9.72. The zero-order chi connectivity index (χ0) is 11.7. The second-order valence-electron chi connectivity index (χ2n) is 5.56. The van der Waals surface area contributed by atoms with E-state index in [4.69, 9.17) is 0 Å². The Hall–Kier alpha value is 0.0500. The Labute approximate surface area is 117 Å². The predicted molar refractivity (Wildman–Crippen MR) is 79.3 cm³/mol. The lowest BCUT2D eigenvalue weighted by Gasteiger charge is -2.40. The Kier molecular flexibility index (Phi) is 3.54. The molecule has 0 heterocycles. The van der Waals surface area contributed by atoms with Crippen molar-refractivity contribution in [3.63, 3.8) is 0 Å². The van der Waals surface area contributed by atoms with Crippen molar-refractivity contribution >= 4 is 27.7 Å². The first-order chi connectivity index (χ1) is 8.31. The fraction of sp³-hybridized carbons (Fsp3) is 0.600. The van der Waals surface area contributed by atoms with Gasteiger partial charge >= 0.3 is 0 Å². The molecule has 0 N–H and O–H groups in total. The third-order valence-electron chi connectivity index (χ3n) is 4.31. The van der Waals surface area contributed by atoms with E-state index >= 15 is 0 Å². The van der Waals surface area contributed by atoms with E-state index in [1.807, 2.05) is 0 Å². The molecule has 0 spiro atoms. The average molecular weight is 311 g/mol. The molecule has 0 saturated heterocycles. The largest absolute Gasteiger partial charge is 0.126 e. The summed E-state index contributed by atoms with van der Waals surface area (Å²) in [6.07, 6.45) is 8.20. The van der Waals surface area contributed by atoms with Crippen LogP contribution in [0.2, 0.25) is 0 Å². The minimum absolute atomic E-state index is 0.601. The van der Waals surface area contributed by atoms with Gasteiger partial charge in [-0.05, 0) is 60.8 Å². The van der Waals surface area contributed by atoms with Crippen molar-refractivity contribution in [1.82, 2.24) is 0 Å². The second kappa shape index (κ2) is 4.97. The van der Waals surface area contributed by atoms with Crippen LogP contribution >= 0.6 is 27.7 Å². The highest BCUT2D eigenvalue weighted by atomic mass is 79.9. The minimum Gasteiger partial charge on any atom is -0.126 e. The fourth-order valence-electron chi connectivity index (χ4n) is 2.87. The lowest BCUT2D eigenvalue weighted by molar-refractivity contribution is 0.206. The van der Waals surface area contributed by atoms with Crippen molar-refractivity contribution in [3.8, 4) is 0 Å². The third kappa shape index (κ3) is 2.44. The smallest absolute Gasteiger partial charge is 0.00959 e. The Bertz CT molecular complexity index is 404. The molecule has 1 saturated carbocycles. The number of halogens is 1. The summed E-state index contributed by atoms with van der Waals surface area (Å²) in [6.45, 7) is 0. The minimum atomic E-state index is 0.601. The summed E-state index contributed by atoms with van der Waals surface area (Å²) >= 11 is 5.76. The molecule has 17 heavy (non-hydrogen) atoms. The second-order valence-corrected chi connectivity index (χ2v) is 7.17. The number of rotatable bonds is 4. The van der Waals surface area contributed by atoms with Crippen molar-refractivity contribution in [3.05, 3.63) is 29.3 Å². The van der Waals surface area contributed by atoms with E-state index in [9.17, 15) is 0 Å². The predicted octanol–water partition coefficient (Wildman–Crippen LogP) is 4.83. The molecule has 1 aromatic rings. The molecular formula is C15H19BrS. The number of hydrogen-bond donors (Lipinski definition) is 0. The van der Waals surface area contributed by atoms with Crippen molar-refractivity contribution in [2.75, 3.05) is 11.1 Å². The molecule has 1 fully saturated rings. The van der Waals surface area contributed by atoms with Gasteiger partial charge in [-0.1, -0.05) is 28.4 Å². The van der Waals surface area contributed by atoms with E-state index in [2.05, 4.69) is 45.9 Å². The molecule has 0 bridgehead atoms. The Morgan fingerprint density at radius 3 is 2.65 bits per heavy atom. The van der Waals surface area contributed by atoms with Crippen molar-refractivity contribution in [2.24, 2.45) is 5.41 Å². The molecule has 0 atom stereocenters. The number of aryl methyl sites for hydroxylation is 2. The molecule has 0 unspecified atom stereocenters. The molecule has 0 amide bonds. The Morgan fingerprint density at radius 1 is 1.12 bits per heavy atom. The van der Waals surface area contributed by atoms with E-state index < -0.39 is 0 Å². The average Bonchev–Trinajstić information content (AvgIpc) is 2.75. The summed E-state index contributed by atoms with van der Waals surface area (Å²) < 4.78 is 0. The van der Waals surface area contributed by atoms with Gasteiger partial charge in [0, 0.05) is 16.0 Å². The van der Waals surface area contributed by atoms with Gasteiger partial charge < -0.3 is 0 Å². The van der Waals surface area contributed by atoms with Crippen LogP contribution in [0.3, 0.4) is 0 Å². The number of thioether (sulfide) groups is 1. The fourth-order valence-corrected chi connectivity index (χ4v) is 5.14. The summed E-state index contributed by atoms with van der Waals surface area (Å²) in [4.78, 5) is 1.48. The maximum Gasteiger partial charge on any atom is 0.00959 e. The van der Waals surface area contributed by atoms with Crippen LogP contribution in [-0.2, 0) is 12.8 Å².